The fraction of sp³-hybridized carbons (Fsp3) is 0.917. The zero-order chi connectivity index (χ0) is 11.4. The Morgan fingerprint density at radius 3 is 2.33 bits per heavy atom. The van der Waals surface area contributed by atoms with Crippen LogP contribution in [0.4, 0.5) is 0 Å². The first-order valence-electron chi connectivity index (χ1n) is 5.92. The maximum Gasteiger partial charge on any atom is 0.306 e. The van der Waals surface area contributed by atoms with Crippen molar-refractivity contribution >= 4 is 5.97 Å². The molecule has 0 bridgehead atoms. The zero-order valence-corrected chi connectivity index (χ0v) is 10.1. The standard InChI is InChI=1S/C12H23NO2/c1-9(2)11(12(14)15)8-10-4-6-13(3)7-5-10/h9-11H,4-8H2,1-3H3,(H,14,15). The predicted molar refractivity (Wildman–Crippen MR) is 60.8 cm³/mol. The van der Waals surface area contributed by atoms with E-state index in [1.807, 2.05) is 13.8 Å². The molecule has 1 heterocycles. The Morgan fingerprint density at radius 1 is 1.40 bits per heavy atom. The van der Waals surface area contributed by atoms with E-state index in [0.717, 1.165) is 32.4 Å². The number of piperidine rings is 1. The molecular formula is C12H23NO2. The Kier molecular flexibility index (Phi) is 4.58. The molecule has 0 radical (unpaired) electrons. The van der Waals surface area contributed by atoms with Crippen LogP contribution in [0.15, 0.2) is 0 Å². The van der Waals surface area contributed by atoms with Crippen molar-refractivity contribution in [3.63, 3.8) is 0 Å². The molecule has 0 aromatic carbocycles. The third-order valence-corrected chi connectivity index (χ3v) is 3.55. The van der Waals surface area contributed by atoms with Crippen LogP contribution in [0.5, 0.6) is 0 Å². The van der Waals surface area contributed by atoms with Crippen molar-refractivity contribution < 1.29 is 9.90 Å². The number of rotatable bonds is 4. The van der Waals surface area contributed by atoms with Gasteiger partial charge in [0.05, 0.1) is 5.92 Å². The minimum Gasteiger partial charge on any atom is -0.481 e. The quantitative estimate of drug-likeness (QED) is 0.777. The van der Waals surface area contributed by atoms with Crippen molar-refractivity contribution in [2.24, 2.45) is 17.8 Å². The van der Waals surface area contributed by atoms with E-state index in [2.05, 4.69) is 11.9 Å². The zero-order valence-electron chi connectivity index (χ0n) is 10.1. The van der Waals surface area contributed by atoms with E-state index in [1.54, 1.807) is 0 Å². The second-order valence-electron chi connectivity index (χ2n) is 5.17. The fourth-order valence-corrected chi connectivity index (χ4v) is 2.32. The topological polar surface area (TPSA) is 40.5 Å². The summed E-state index contributed by atoms with van der Waals surface area (Å²) in [6.45, 7) is 6.26. The molecule has 1 fully saturated rings. The molecule has 0 aromatic rings. The van der Waals surface area contributed by atoms with Gasteiger partial charge in [-0.05, 0) is 51.2 Å². The van der Waals surface area contributed by atoms with Gasteiger partial charge in [0.1, 0.15) is 0 Å². The smallest absolute Gasteiger partial charge is 0.306 e. The van der Waals surface area contributed by atoms with E-state index < -0.39 is 5.97 Å². The molecular weight excluding hydrogens is 190 g/mol. The highest BCUT2D eigenvalue weighted by molar-refractivity contribution is 5.70. The van der Waals surface area contributed by atoms with E-state index in [0.29, 0.717) is 5.92 Å². The van der Waals surface area contributed by atoms with Gasteiger partial charge >= 0.3 is 5.97 Å². The predicted octanol–water partition coefficient (Wildman–Crippen LogP) is 2.08. The molecule has 0 spiro atoms. The summed E-state index contributed by atoms with van der Waals surface area (Å²) in [7, 11) is 2.13. The SMILES string of the molecule is CC(C)C(CC1CCN(C)CC1)C(=O)O. The first-order chi connectivity index (χ1) is 7.00. The van der Waals surface area contributed by atoms with Crippen molar-refractivity contribution in [3.05, 3.63) is 0 Å². The molecule has 1 saturated heterocycles. The van der Waals surface area contributed by atoms with Gasteiger partial charge in [0, 0.05) is 0 Å². The summed E-state index contributed by atoms with van der Waals surface area (Å²) in [4.78, 5) is 13.4. The summed E-state index contributed by atoms with van der Waals surface area (Å²) in [5.74, 6) is 0.0918. The Morgan fingerprint density at radius 2 is 1.93 bits per heavy atom. The summed E-state index contributed by atoms with van der Waals surface area (Å²) in [5, 5.41) is 9.12. The molecule has 3 heteroatoms. The van der Waals surface area contributed by atoms with Gasteiger partial charge in [-0.25, -0.2) is 0 Å². The van der Waals surface area contributed by atoms with E-state index in [4.69, 9.17) is 5.11 Å². The van der Waals surface area contributed by atoms with Crippen LogP contribution in [0.25, 0.3) is 0 Å². The number of likely N-dealkylation sites (tertiary alicyclic amines) is 1. The van der Waals surface area contributed by atoms with Crippen molar-refractivity contribution in [1.29, 1.82) is 0 Å². The van der Waals surface area contributed by atoms with E-state index >= 15 is 0 Å². The lowest BCUT2D eigenvalue weighted by Crippen LogP contribution is -2.32. The first kappa shape index (κ1) is 12.5. The number of nitrogens with zero attached hydrogens (tertiary/aromatic N) is 1. The summed E-state index contributed by atoms with van der Waals surface area (Å²) in [5.41, 5.74) is 0. The van der Waals surface area contributed by atoms with Crippen molar-refractivity contribution in [1.82, 2.24) is 4.90 Å². The van der Waals surface area contributed by atoms with Gasteiger partial charge in [-0.15, -0.1) is 0 Å². The molecule has 15 heavy (non-hydrogen) atoms. The lowest BCUT2D eigenvalue weighted by molar-refractivity contribution is -0.144. The van der Waals surface area contributed by atoms with Gasteiger partial charge in [-0.3, -0.25) is 4.79 Å². The van der Waals surface area contributed by atoms with Crippen LogP contribution in [-0.4, -0.2) is 36.1 Å². The molecule has 1 aliphatic rings. The molecule has 1 rings (SSSR count). The van der Waals surface area contributed by atoms with Crippen molar-refractivity contribution in [2.75, 3.05) is 20.1 Å². The molecule has 1 N–H and O–H groups in total. The van der Waals surface area contributed by atoms with Gasteiger partial charge in [0.25, 0.3) is 0 Å². The average molecular weight is 213 g/mol. The van der Waals surface area contributed by atoms with E-state index in [1.165, 1.54) is 0 Å². The number of carboxylic acids is 1. The van der Waals surface area contributed by atoms with Crippen LogP contribution >= 0.6 is 0 Å². The number of carboxylic acid groups (broad SMARTS) is 1. The molecule has 0 amide bonds. The molecule has 1 aliphatic heterocycles. The second kappa shape index (κ2) is 5.50. The monoisotopic (exact) mass is 213 g/mol. The third kappa shape index (κ3) is 3.82. The summed E-state index contributed by atoms with van der Waals surface area (Å²) < 4.78 is 0. The minimum absolute atomic E-state index is 0.154. The van der Waals surface area contributed by atoms with Gasteiger partial charge in [0.2, 0.25) is 0 Å². The highest BCUT2D eigenvalue weighted by atomic mass is 16.4. The number of hydrogen-bond acceptors (Lipinski definition) is 2. The Balaban J connectivity index is 2.41. The maximum atomic E-state index is 11.1. The Bertz CT molecular complexity index is 208. The Labute approximate surface area is 92.5 Å². The van der Waals surface area contributed by atoms with Crippen LogP contribution in [-0.2, 0) is 4.79 Å². The molecule has 1 unspecified atom stereocenters. The fourth-order valence-electron chi connectivity index (χ4n) is 2.32. The van der Waals surface area contributed by atoms with Crippen molar-refractivity contribution in [2.45, 2.75) is 33.1 Å². The lowest BCUT2D eigenvalue weighted by atomic mass is 9.82. The van der Waals surface area contributed by atoms with Gasteiger partial charge in [-0.1, -0.05) is 13.8 Å². The highest BCUT2D eigenvalue weighted by Gasteiger charge is 2.27. The molecule has 1 atom stereocenters. The molecule has 88 valence electrons. The number of aliphatic carboxylic acids is 1. The molecule has 0 aliphatic carbocycles. The maximum absolute atomic E-state index is 11.1. The largest absolute Gasteiger partial charge is 0.481 e. The molecule has 0 saturated carbocycles. The normalized spacial score (nSPS) is 21.9. The van der Waals surface area contributed by atoms with Crippen LogP contribution in [0, 0.1) is 17.8 Å². The van der Waals surface area contributed by atoms with Crippen LogP contribution in [0.1, 0.15) is 33.1 Å². The highest BCUT2D eigenvalue weighted by Crippen LogP contribution is 2.27. The second-order valence-corrected chi connectivity index (χ2v) is 5.17. The van der Waals surface area contributed by atoms with E-state index in [9.17, 15) is 4.79 Å². The number of hydrogen-bond donors (Lipinski definition) is 1. The average Bonchev–Trinajstić information content (AvgIpc) is 2.15. The molecule has 3 nitrogen and oxygen atoms in total. The van der Waals surface area contributed by atoms with E-state index in [-0.39, 0.29) is 11.8 Å². The summed E-state index contributed by atoms with van der Waals surface area (Å²) in [6, 6.07) is 0. The minimum atomic E-state index is -0.621. The van der Waals surface area contributed by atoms with Crippen LogP contribution in [0.3, 0.4) is 0 Å². The van der Waals surface area contributed by atoms with Crippen LogP contribution in [0.2, 0.25) is 0 Å². The summed E-state index contributed by atoms with van der Waals surface area (Å²) in [6.07, 6.45) is 3.18. The van der Waals surface area contributed by atoms with Crippen molar-refractivity contribution in [3.8, 4) is 0 Å². The van der Waals surface area contributed by atoms with Crippen LogP contribution < -0.4 is 0 Å². The Hall–Kier alpha value is -0.570. The summed E-state index contributed by atoms with van der Waals surface area (Å²) >= 11 is 0. The number of carbonyl (C=O) groups is 1. The van der Waals surface area contributed by atoms with Gasteiger partial charge in [0.15, 0.2) is 0 Å². The van der Waals surface area contributed by atoms with Gasteiger partial charge < -0.3 is 10.0 Å². The third-order valence-electron chi connectivity index (χ3n) is 3.55. The molecule has 0 aromatic heterocycles. The lowest BCUT2D eigenvalue weighted by Gasteiger charge is -2.31. The first-order valence-corrected chi connectivity index (χ1v) is 5.92. The van der Waals surface area contributed by atoms with Gasteiger partial charge in [-0.2, -0.15) is 0 Å².